The molecule has 0 aliphatic carbocycles. The summed E-state index contributed by atoms with van der Waals surface area (Å²) in [6, 6.07) is 14.5. The molecule has 1 N–H and O–H groups in total. The number of nitrogens with one attached hydrogen (secondary N) is 1. The molecular formula is C22H24FN5. The van der Waals surface area contributed by atoms with Crippen molar-refractivity contribution in [2.75, 3.05) is 41.3 Å². The van der Waals surface area contributed by atoms with Crippen molar-refractivity contribution in [2.24, 2.45) is 0 Å². The van der Waals surface area contributed by atoms with Gasteiger partial charge in [-0.15, -0.1) is 0 Å². The Hall–Kier alpha value is -3.15. The van der Waals surface area contributed by atoms with E-state index < -0.39 is 0 Å². The highest BCUT2D eigenvalue weighted by Gasteiger charge is 2.20. The van der Waals surface area contributed by atoms with Crippen LogP contribution in [0.25, 0.3) is 0 Å². The number of hydrogen-bond acceptors (Lipinski definition) is 5. The second-order valence-corrected chi connectivity index (χ2v) is 7.07. The minimum Gasteiger partial charge on any atom is -0.368 e. The van der Waals surface area contributed by atoms with Crippen LogP contribution in [0.5, 0.6) is 0 Å². The van der Waals surface area contributed by atoms with Crippen LogP contribution < -0.4 is 15.1 Å². The Morgan fingerprint density at radius 3 is 2.36 bits per heavy atom. The Bertz CT molecular complexity index is 949. The van der Waals surface area contributed by atoms with E-state index in [9.17, 15) is 4.39 Å². The van der Waals surface area contributed by atoms with Crippen LogP contribution in [0.4, 0.5) is 27.5 Å². The van der Waals surface area contributed by atoms with Gasteiger partial charge < -0.3 is 15.1 Å². The van der Waals surface area contributed by atoms with Gasteiger partial charge in [0.05, 0.1) is 0 Å². The van der Waals surface area contributed by atoms with Crippen LogP contribution in [-0.2, 0) is 0 Å². The molecule has 144 valence electrons. The third-order valence-electron chi connectivity index (χ3n) is 5.24. The zero-order valence-electron chi connectivity index (χ0n) is 16.2. The normalized spacial score (nSPS) is 14.2. The van der Waals surface area contributed by atoms with Crippen molar-refractivity contribution in [3.8, 4) is 0 Å². The van der Waals surface area contributed by atoms with Gasteiger partial charge in [0.2, 0.25) is 5.95 Å². The molecule has 0 amide bonds. The smallest absolute Gasteiger partial charge is 0.227 e. The Morgan fingerprint density at radius 1 is 0.893 bits per heavy atom. The largest absolute Gasteiger partial charge is 0.368 e. The third kappa shape index (κ3) is 3.91. The summed E-state index contributed by atoms with van der Waals surface area (Å²) in [7, 11) is 0. The predicted octanol–water partition coefficient (Wildman–Crippen LogP) is 4.30. The number of aromatic nitrogens is 2. The fourth-order valence-electron chi connectivity index (χ4n) is 3.48. The number of benzene rings is 2. The van der Waals surface area contributed by atoms with Gasteiger partial charge in [-0.25, -0.2) is 9.37 Å². The van der Waals surface area contributed by atoms with Crippen LogP contribution >= 0.6 is 0 Å². The molecule has 2 heterocycles. The van der Waals surface area contributed by atoms with Gasteiger partial charge in [-0.05, 0) is 61.4 Å². The molecule has 5 nitrogen and oxygen atoms in total. The Kier molecular flexibility index (Phi) is 5.10. The van der Waals surface area contributed by atoms with Crippen LogP contribution in [-0.4, -0.2) is 36.1 Å². The number of nitrogens with zero attached hydrogens (tertiary/aromatic N) is 4. The molecule has 1 saturated heterocycles. The van der Waals surface area contributed by atoms with Gasteiger partial charge in [0.1, 0.15) is 11.6 Å². The molecule has 0 bridgehead atoms. The summed E-state index contributed by atoms with van der Waals surface area (Å²) in [6.45, 7) is 7.95. The van der Waals surface area contributed by atoms with Gasteiger partial charge in [0.25, 0.3) is 0 Å². The maximum atomic E-state index is 13.1. The topological polar surface area (TPSA) is 44.3 Å². The molecule has 28 heavy (non-hydrogen) atoms. The Morgan fingerprint density at radius 2 is 1.61 bits per heavy atom. The number of halogens is 1. The summed E-state index contributed by atoms with van der Waals surface area (Å²) in [5.41, 5.74) is 4.78. The lowest BCUT2D eigenvalue weighted by molar-refractivity contribution is 0.628. The van der Waals surface area contributed by atoms with Crippen molar-refractivity contribution in [1.82, 2.24) is 9.97 Å². The first-order chi connectivity index (χ1) is 13.6. The predicted molar refractivity (Wildman–Crippen MR) is 112 cm³/mol. The minimum absolute atomic E-state index is 0.254. The van der Waals surface area contributed by atoms with Crippen LogP contribution in [0, 0.1) is 19.7 Å². The zero-order valence-corrected chi connectivity index (χ0v) is 16.2. The van der Waals surface area contributed by atoms with Gasteiger partial charge in [0, 0.05) is 43.8 Å². The highest BCUT2D eigenvalue weighted by Crippen LogP contribution is 2.25. The lowest BCUT2D eigenvalue weighted by Gasteiger charge is -2.37. The molecule has 0 atom stereocenters. The maximum absolute atomic E-state index is 13.1. The lowest BCUT2D eigenvalue weighted by Crippen LogP contribution is -2.47. The summed E-state index contributed by atoms with van der Waals surface area (Å²) >= 11 is 0. The van der Waals surface area contributed by atoms with Crippen LogP contribution in [0.1, 0.15) is 11.1 Å². The summed E-state index contributed by atoms with van der Waals surface area (Å²) in [5, 5.41) is 3.20. The summed E-state index contributed by atoms with van der Waals surface area (Å²) in [6.07, 6.45) is 1.76. The van der Waals surface area contributed by atoms with E-state index in [0.717, 1.165) is 31.9 Å². The van der Waals surface area contributed by atoms with Gasteiger partial charge >= 0.3 is 0 Å². The number of rotatable bonds is 4. The lowest BCUT2D eigenvalue weighted by atomic mass is 10.1. The van der Waals surface area contributed by atoms with E-state index in [1.54, 1.807) is 18.3 Å². The molecule has 0 spiro atoms. The zero-order chi connectivity index (χ0) is 19.5. The summed E-state index contributed by atoms with van der Waals surface area (Å²) < 4.78 is 13.1. The highest BCUT2D eigenvalue weighted by molar-refractivity contribution is 5.58. The van der Waals surface area contributed by atoms with Crippen molar-refractivity contribution >= 4 is 23.1 Å². The first-order valence-electron chi connectivity index (χ1n) is 9.52. The molecule has 6 heteroatoms. The van der Waals surface area contributed by atoms with E-state index in [-0.39, 0.29) is 5.82 Å². The van der Waals surface area contributed by atoms with E-state index in [4.69, 9.17) is 0 Å². The molecule has 2 aromatic carbocycles. The first kappa shape index (κ1) is 18.2. The second kappa shape index (κ2) is 7.84. The number of anilines is 4. The molecule has 1 aliphatic heterocycles. The fourth-order valence-corrected chi connectivity index (χ4v) is 3.48. The average molecular weight is 377 g/mol. The van der Waals surface area contributed by atoms with Crippen LogP contribution in [0.2, 0.25) is 0 Å². The van der Waals surface area contributed by atoms with Crippen molar-refractivity contribution < 1.29 is 4.39 Å². The fraction of sp³-hybridized carbons (Fsp3) is 0.273. The van der Waals surface area contributed by atoms with Gasteiger partial charge in [0.15, 0.2) is 0 Å². The van der Waals surface area contributed by atoms with E-state index in [2.05, 4.69) is 57.1 Å². The molecule has 1 aliphatic rings. The average Bonchev–Trinajstić information content (AvgIpc) is 2.72. The Balaban J connectivity index is 1.43. The van der Waals surface area contributed by atoms with E-state index in [1.807, 2.05) is 6.07 Å². The van der Waals surface area contributed by atoms with Gasteiger partial charge in [-0.2, -0.15) is 4.98 Å². The molecular weight excluding hydrogens is 353 g/mol. The van der Waals surface area contributed by atoms with Crippen molar-refractivity contribution in [3.63, 3.8) is 0 Å². The SMILES string of the molecule is Cc1cccc(N2CCN(c3nccc(Nc4ccc(F)cc4)n3)CC2)c1C. The second-order valence-electron chi connectivity index (χ2n) is 7.07. The molecule has 1 fully saturated rings. The molecule has 0 saturated carbocycles. The molecule has 4 rings (SSSR count). The van der Waals surface area contributed by atoms with Crippen LogP contribution in [0.3, 0.4) is 0 Å². The van der Waals surface area contributed by atoms with Gasteiger partial charge in [-0.1, -0.05) is 12.1 Å². The van der Waals surface area contributed by atoms with E-state index >= 15 is 0 Å². The number of aryl methyl sites for hydroxylation is 1. The maximum Gasteiger partial charge on any atom is 0.227 e. The van der Waals surface area contributed by atoms with E-state index in [1.165, 1.54) is 28.9 Å². The summed E-state index contributed by atoms with van der Waals surface area (Å²) in [4.78, 5) is 13.7. The first-order valence-corrected chi connectivity index (χ1v) is 9.52. The van der Waals surface area contributed by atoms with Crippen LogP contribution in [0.15, 0.2) is 54.7 Å². The molecule has 1 aromatic heterocycles. The number of hydrogen-bond donors (Lipinski definition) is 1. The molecule has 3 aromatic rings. The van der Waals surface area contributed by atoms with Gasteiger partial charge in [-0.3, -0.25) is 0 Å². The Labute approximate surface area is 164 Å². The third-order valence-corrected chi connectivity index (χ3v) is 5.24. The highest BCUT2D eigenvalue weighted by atomic mass is 19.1. The quantitative estimate of drug-likeness (QED) is 0.734. The standard InChI is InChI=1S/C22H24FN5/c1-16-4-3-5-20(17(16)2)27-12-14-28(15-13-27)22-24-11-10-21(26-22)25-19-8-6-18(23)7-9-19/h3-11H,12-15H2,1-2H3,(H,24,25,26). The monoisotopic (exact) mass is 377 g/mol. The molecule has 0 unspecified atom stereocenters. The number of piperazine rings is 1. The van der Waals surface area contributed by atoms with Crippen molar-refractivity contribution in [3.05, 3.63) is 71.7 Å². The van der Waals surface area contributed by atoms with Crippen molar-refractivity contribution in [2.45, 2.75) is 13.8 Å². The summed E-state index contributed by atoms with van der Waals surface area (Å²) in [5.74, 6) is 1.16. The van der Waals surface area contributed by atoms with E-state index in [0.29, 0.717) is 11.8 Å². The molecule has 0 radical (unpaired) electrons. The minimum atomic E-state index is -0.254. The van der Waals surface area contributed by atoms with Crippen molar-refractivity contribution in [1.29, 1.82) is 0 Å².